The van der Waals surface area contributed by atoms with Gasteiger partial charge in [0.05, 0.1) is 10.0 Å². The Hall–Kier alpha value is -1.32. The predicted molar refractivity (Wildman–Crippen MR) is 63.0 cm³/mol. The van der Waals surface area contributed by atoms with E-state index >= 15 is 0 Å². The van der Waals surface area contributed by atoms with Crippen molar-refractivity contribution in [1.29, 1.82) is 0 Å². The van der Waals surface area contributed by atoms with E-state index in [1.54, 1.807) is 41.3 Å². The zero-order valence-electron chi connectivity index (χ0n) is 8.23. The van der Waals surface area contributed by atoms with Gasteiger partial charge in [-0.05, 0) is 24.3 Å². The lowest BCUT2D eigenvalue weighted by molar-refractivity contribution is 0.0967. The number of carbonyl (C=O) groups is 1. The molecule has 0 atom stereocenters. The lowest BCUT2D eigenvalue weighted by Gasteiger charge is -2.03. The fourth-order valence-electron chi connectivity index (χ4n) is 1.30. The number of rotatable bonds is 3. The van der Waals surface area contributed by atoms with Gasteiger partial charge in [-0.25, -0.2) is 0 Å². The van der Waals surface area contributed by atoms with Crippen LogP contribution in [-0.2, 0) is 6.54 Å². The van der Waals surface area contributed by atoms with Crippen LogP contribution in [0.1, 0.15) is 10.4 Å². The number of nitrogens with zero attached hydrogens (tertiary/aromatic N) is 2. The smallest absolute Gasteiger partial charge is 0.184 e. The van der Waals surface area contributed by atoms with Crippen LogP contribution in [0.3, 0.4) is 0 Å². The van der Waals surface area contributed by atoms with Gasteiger partial charge in [0.2, 0.25) is 0 Å². The quantitative estimate of drug-likeness (QED) is 0.790. The molecule has 0 aliphatic rings. The van der Waals surface area contributed by atoms with Crippen molar-refractivity contribution in [2.45, 2.75) is 6.54 Å². The van der Waals surface area contributed by atoms with E-state index in [2.05, 4.69) is 5.10 Å². The molecule has 2 rings (SSSR count). The Morgan fingerprint density at radius 2 is 2.12 bits per heavy atom. The zero-order chi connectivity index (χ0) is 11.5. The number of hydrogen-bond donors (Lipinski definition) is 0. The summed E-state index contributed by atoms with van der Waals surface area (Å²) in [5.41, 5.74) is 0.532. The third-order valence-electron chi connectivity index (χ3n) is 2.11. The van der Waals surface area contributed by atoms with E-state index in [1.165, 1.54) is 0 Å². The fraction of sp³-hybridized carbons (Fsp3) is 0.0909. The molecule has 0 aliphatic heterocycles. The standard InChI is InChI=1S/C11H8Cl2N2O/c12-9-3-2-8(6-10(9)13)11(16)7-15-5-1-4-14-15/h1-6H,7H2. The first-order valence-corrected chi connectivity index (χ1v) is 5.38. The molecule has 0 spiro atoms. The first-order valence-electron chi connectivity index (χ1n) is 4.62. The number of Topliss-reactive ketones (excluding diaryl/α,β-unsaturated/α-hetero) is 1. The van der Waals surface area contributed by atoms with Crippen LogP contribution >= 0.6 is 23.2 Å². The molecule has 0 radical (unpaired) electrons. The Balaban J connectivity index is 2.18. The highest BCUT2D eigenvalue weighted by molar-refractivity contribution is 6.42. The summed E-state index contributed by atoms with van der Waals surface area (Å²) in [4.78, 5) is 11.8. The van der Waals surface area contributed by atoms with Crippen LogP contribution in [0.15, 0.2) is 36.7 Å². The van der Waals surface area contributed by atoms with Gasteiger partial charge in [-0.2, -0.15) is 5.10 Å². The normalized spacial score (nSPS) is 10.4. The minimum atomic E-state index is -0.0535. The fourth-order valence-corrected chi connectivity index (χ4v) is 1.60. The number of benzene rings is 1. The summed E-state index contributed by atoms with van der Waals surface area (Å²) in [5.74, 6) is -0.0535. The second-order valence-electron chi connectivity index (χ2n) is 3.26. The van der Waals surface area contributed by atoms with Crippen molar-refractivity contribution in [3.05, 3.63) is 52.3 Å². The number of ketones is 1. The molecular formula is C11H8Cl2N2O. The maximum atomic E-state index is 11.8. The molecule has 0 fully saturated rings. The third kappa shape index (κ3) is 2.43. The summed E-state index contributed by atoms with van der Waals surface area (Å²) in [5, 5.41) is 4.78. The molecule has 3 nitrogen and oxygen atoms in total. The maximum Gasteiger partial charge on any atom is 0.184 e. The molecule has 0 unspecified atom stereocenters. The molecule has 0 amide bonds. The van der Waals surface area contributed by atoms with E-state index in [-0.39, 0.29) is 12.3 Å². The van der Waals surface area contributed by atoms with Gasteiger partial charge in [0.15, 0.2) is 5.78 Å². The van der Waals surface area contributed by atoms with E-state index in [1.807, 2.05) is 0 Å². The van der Waals surface area contributed by atoms with E-state index < -0.39 is 0 Å². The Morgan fingerprint density at radius 1 is 1.31 bits per heavy atom. The van der Waals surface area contributed by atoms with Crippen molar-refractivity contribution < 1.29 is 4.79 Å². The highest BCUT2D eigenvalue weighted by Gasteiger charge is 2.08. The van der Waals surface area contributed by atoms with Gasteiger partial charge in [-0.15, -0.1) is 0 Å². The molecule has 0 saturated heterocycles. The highest BCUT2D eigenvalue weighted by Crippen LogP contribution is 2.22. The van der Waals surface area contributed by atoms with Crippen LogP contribution in [-0.4, -0.2) is 15.6 Å². The number of aromatic nitrogens is 2. The van der Waals surface area contributed by atoms with Crippen molar-refractivity contribution in [2.24, 2.45) is 0 Å². The Kier molecular flexibility index (Phi) is 3.27. The summed E-state index contributed by atoms with van der Waals surface area (Å²) >= 11 is 11.6. The molecular weight excluding hydrogens is 247 g/mol. The SMILES string of the molecule is O=C(Cn1cccn1)c1ccc(Cl)c(Cl)c1. The van der Waals surface area contributed by atoms with Crippen LogP contribution in [0, 0.1) is 0 Å². The molecule has 16 heavy (non-hydrogen) atoms. The molecule has 0 bridgehead atoms. The van der Waals surface area contributed by atoms with Crippen molar-refractivity contribution in [2.75, 3.05) is 0 Å². The first kappa shape index (κ1) is 11.2. The van der Waals surface area contributed by atoms with Gasteiger partial charge < -0.3 is 0 Å². The van der Waals surface area contributed by atoms with E-state index in [4.69, 9.17) is 23.2 Å². The topological polar surface area (TPSA) is 34.9 Å². The predicted octanol–water partition coefficient (Wildman–Crippen LogP) is 3.07. The lowest BCUT2D eigenvalue weighted by atomic mass is 10.1. The second-order valence-corrected chi connectivity index (χ2v) is 4.07. The highest BCUT2D eigenvalue weighted by atomic mass is 35.5. The first-order chi connectivity index (χ1) is 7.66. The monoisotopic (exact) mass is 254 g/mol. The van der Waals surface area contributed by atoms with Gasteiger partial charge in [0.1, 0.15) is 6.54 Å². The summed E-state index contributed by atoms with van der Waals surface area (Å²) in [6, 6.07) is 6.60. The average Bonchev–Trinajstić information content (AvgIpc) is 2.74. The van der Waals surface area contributed by atoms with Crippen LogP contribution in [0.5, 0.6) is 0 Å². The molecule has 0 saturated carbocycles. The number of halogens is 2. The Bertz CT molecular complexity index is 509. The Labute approximate surface area is 103 Å². The summed E-state index contributed by atoms with van der Waals surface area (Å²) in [6.07, 6.45) is 3.36. The Morgan fingerprint density at radius 3 is 2.75 bits per heavy atom. The second kappa shape index (κ2) is 4.68. The number of carbonyl (C=O) groups excluding carboxylic acids is 1. The molecule has 1 aromatic heterocycles. The van der Waals surface area contributed by atoms with E-state index in [9.17, 15) is 4.79 Å². The van der Waals surface area contributed by atoms with Crippen molar-refractivity contribution in [1.82, 2.24) is 9.78 Å². The molecule has 5 heteroatoms. The molecule has 0 N–H and O–H groups in total. The van der Waals surface area contributed by atoms with Crippen molar-refractivity contribution in [3.63, 3.8) is 0 Å². The average molecular weight is 255 g/mol. The zero-order valence-corrected chi connectivity index (χ0v) is 9.74. The van der Waals surface area contributed by atoms with Gasteiger partial charge in [0.25, 0.3) is 0 Å². The summed E-state index contributed by atoms with van der Waals surface area (Å²) in [7, 11) is 0. The summed E-state index contributed by atoms with van der Waals surface area (Å²) < 4.78 is 1.56. The number of hydrogen-bond acceptors (Lipinski definition) is 2. The van der Waals surface area contributed by atoms with Gasteiger partial charge in [-0.1, -0.05) is 23.2 Å². The van der Waals surface area contributed by atoms with E-state index in [0.29, 0.717) is 15.6 Å². The summed E-state index contributed by atoms with van der Waals surface area (Å²) in [6.45, 7) is 0.199. The molecule has 82 valence electrons. The van der Waals surface area contributed by atoms with Crippen LogP contribution in [0.4, 0.5) is 0 Å². The van der Waals surface area contributed by atoms with Crippen molar-refractivity contribution >= 4 is 29.0 Å². The minimum absolute atomic E-state index is 0.0535. The third-order valence-corrected chi connectivity index (χ3v) is 2.85. The minimum Gasteiger partial charge on any atom is -0.292 e. The maximum absolute atomic E-state index is 11.8. The van der Waals surface area contributed by atoms with Gasteiger partial charge >= 0.3 is 0 Å². The van der Waals surface area contributed by atoms with Crippen molar-refractivity contribution in [3.8, 4) is 0 Å². The van der Waals surface area contributed by atoms with Crippen LogP contribution in [0.2, 0.25) is 10.0 Å². The largest absolute Gasteiger partial charge is 0.292 e. The molecule has 0 aliphatic carbocycles. The molecule has 2 aromatic rings. The van der Waals surface area contributed by atoms with Gasteiger partial charge in [-0.3, -0.25) is 9.48 Å². The van der Waals surface area contributed by atoms with Gasteiger partial charge in [0, 0.05) is 18.0 Å². The lowest BCUT2D eigenvalue weighted by Crippen LogP contribution is -2.10. The van der Waals surface area contributed by atoms with Crippen LogP contribution in [0.25, 0.3) is 0 Å². The molecule has 1 heterocycles. The van der Waals surface area contributed by atoms with Crippen LogP contribution < -0.4 is 0 Å². The molecule has 1 aromatic carbocycles. The van der Waals surface area contributed by atoms with E-state index in [0.717, 1.165) is 0 Å².